The number of nitrogens with zero attached hydrogens (tertiary/aromatic N) is 6. The SMILES string of the molecule is CCC1CN(C(CC)c2ccc(OCC3CC3)cc2)[C@H](CC)CN1c1nc(=O)n(C)c2ccc(C#N)nc12. The number of fused-ring (bicyclic) bond motifs is 1. The third kappa shape index (κ3) is 5.12. The lowest BCUT2D eigenvalue weighted by atomic mass is 9.95. The second-order valence-electron chi connectivity index (χ2n) is 10.7. The van der Waals surface area contributed by atoms with Crippen LogP contribution in [0.3, 0.4) is 0 Å². The van der Waals surface area contributed by atoms with Crippen molar-refractivity contribution in [1.82, 2.24) is 19.4 Å². The minimum absolute atomic E-state index is 0.170. The van der Waals surface area contributed by atoms with Gasteiger partial charge in [-0.2, -0.15) is 10.2 Å². The molecule has 200 valence electrons. The van der Waals surface area contributed by atoms with Crippen molar-refractivity contribution in [1.29, 1.82) is 5.26 Å². The molecule has 3 heterocycles. The molecule has 8 heteroatoms. The third-order valence-electron chi connectivity index (χ3n) is 8.24. The average Bonchev–Trinajstić information content (AvgIpc) is 3.79. The molecular weight excluding hydrogens is 476 g/mol. The Kier molecular flexibility index (Phi) is 7.66. The Morgan fingerprint density at radius 1 is 1.03 bits per heavy atom. The van der Waals surface area contributed by atoms with Gasteiger partial charge in [0.15, 0.2) is 5.82 Å². The number of rotatable bonds is 9. The number of hydrogen-bond donors (Lipinski definition) is 0. The van der Waals surface area contributed by atoms with E-state index in [1.807, 2.05) is 0 Å². The molecule has 0 radical (unpaired) electrons. The second-order valence-corrected chi connectivity index (χ2v) is 10.7. The molecule has 8 nitrogen and oxygen atoms in total. The van der Waals surface area contributed by atoms with E-state index < -0.39 is 0 Å². The summed E-state index contributed by atoms with van der Waals surface area (Å²) in [5.41, 5.74) is 2.64. The van der Waals surface area contributed by atoms with Crippen molar-refractivity contribution in [3.05, 3.63) is 58.1 Å². The van der Waals surface area contributed by atoms with E-state index in [2.05, 4.69) is 70.9 Å². The highest BCUT2D eigenvalue weighted by Crippen LogP contribution is 2.36. The minimum Gasteiger partial charge on any atom is -0.493 e. The Morgan fingerprint density at radius 3 is 2.39 bits per heavy atom. The van der Waals surface area contributed by atoms with Gasteiger partial charge in [-0.15, -0.1) is 0 Å². The van der Waals surface area contributed by atoms with E-state index in [9.17, 15) is 10.1 Å². The molecule has 0 spiro atoms. The van der Waals surface area contributed by atoms with Crippen LogP contribution in [0.25, 0.3) is 11.0 Å². The fourth-order valence-electron chi connectivity index (χ4n) is 5.74. The Balaban J connectivity index is 1.45. The van der Waals surface area contributed by atoms with Crippen molar-refractivity contribution in [2.24, 2.45) is 13.0 Å². The quantitative estimate of drug-likeness (QED) is 0.405. The monoisotopic (exact) mass is 514 g/mol. The summed E-state index contributed by atoms with van der Waals surface area (Å²) < 4.78 is 7.48. The molecule has 0 amide bonds. The van der Waals surface area contributed by atoms with Crippen molar-refractivity contribution in [2.75, 3.05) is 24.6 Å². The van der Waals surface area contributed by atoms with Gasteiger partial charge < -0.3 is 9.64 Å². The van der Waals surface area contributed by atoms with Crippen LogP contribution in [0.15, 0.2) is 41.2 Å². The van der Waals surface area contributed by atoms with E-state index in [0.29, 0.717) is 28.6 Å². The zero-order valence-electron chi connectivity index (χ0n) is 22.9. The molecule has 2 aromatic heterocycles. The number of aryl methyl sites for hydroxylation is 1. The highest BCUT2D eigenvalue weighted by atomic mass is 16.5. The molecule has 0 bridgehead atoms. The number of hydrogen-bond acceptors (Lipinski definition) is 7. The van der Waals surface area contributed by atoms with E-state index in [1.54, 1.807) is 19.2 Å². The third-order valence-corrected chi connectivity index (χ3v) is 8.24. The molecule has 1 saturated carbocycles. The summed E-state index contributed by atoms with van der Waals surface area (Å²) in [6, 6.07) is 15.0. The summed E-state index contributed by atoms with van der Waals surface area (Å²) in [6.45, 7) is 9.11. The Labute approximate surface area is 224 Å². The van der Waals surface area contributed by atoms with Crippen LogP contribution < -0.4 is 15.3 Å². The van der Waals surface area contributed by atoms with E-state index in [1.165, 1.54) is 23.0 Å². The molecule has 3 atom stereocenters. The number of anilines is 1. The second kappa shape index (κ2) is 11.1. The van der Waals surface area contributed by atoms with Gasteiger partial charge in [0.05, 0.1) is 12.1 Å². The van der Waals surface area contributed by atoms with E-state index >= 15 is 0 Å². The molecule has 2 aliphatic rings. The zero-order valence-corrected chi connectivity index (χ0v) is 22.9. The predicted octanol–water partition coefficient (Wildman–Crippen LogP) is 4.82. The molecule has 1 saturated heterocycles. The lowest BCUT2D eigenvalue weighted by Crippen LogP contribution is -2.59. The summed E-state index contributed by atoms with van der Waals surface area (Å²) in [5.74, 6) is 2.28. The molecule has 2 unspecified atom stereocenters. The average molecular weight is 515 g/mol. The maximum atomic E-state index is 12.8. The minimum atomic E-state index is -0.306. The summed E-state index contributed by atoms with van der Waals surface area (Å²) in [5, 5.41) is 9.48. The van der Waals surface area contributed by atoms with E-state index in [4.69, 9.17) is 4.74 Å². The first-order valence-corrected chi connectivity index (χ1v) is 14.0. The molecule has 1 aliphatic heterocycles. The molecule has 1 aliphatic carbocycles. The van der Waals surface area contributed by atoms with Crippen molar-refractivity contribution in [3.8, 4) is 11.8 Å². The first-order chi connectivity index (χ1) is 18.5. The van der Waals surface area contributed by atoms with Gasteiger partial charge in [-0.05, 0) is 67.9 Å². The maximum absolute atomic E-state index is 12.8. The fraction of sp³-hybridized carbons (Fsp3) is 0.533. The first-order valence-electron chi connectivity index (χ1n) is 14.0. The number of pyridine rings is 1. The molecule has 0 N–H and O–H groups in total. The van der Waals surface area contributed by atoms with Crippen molar-refractivity contribution >= 4 is 16.9 Å². The Hall–Kier alpha value is -3.44. The Bertz CT molecular complexity index is 1370. The van der Waals surface area contributed by atoms with Crippen LogP contribution in [0, 0.1) is 17.2 Å². The van der Waals surface area contributed by atoms with Crippen molar-refractivity contribution < 1.29 is 4.74 Å². The van der Waals surface area contributed by atoms with Crippen molar-refractivity contribution in [3.63, 3.8) is 0 Å². The van der Waals surface area contributed by atoms with Gasteiger partial charge in [-0.25, -0.2) is 9.78 Å². The maximum Gasteiger partial charge on any atom is 0.349 e. The standard InChI is InChI=1S/C30H38N6O2/c1-5-23-18-36(29-28-27(34(4)30(37)33-29)15-12-22(16-31)32-28)24(6-2)17-35(23)26(7-3)21-10-13-25(14-11-21)38-19-20-8-9-20/h10-15,20,23-24,26H,5-9,17-19H2,1-4H3/t23-,24?,26?/m1/s1. The largest absolute Gasteiger partial charge is 0.493 e. The summed E-state index contributed by atoms with van der Waals surface area (Å²) in [7, 11) is 1.70. The van der Waals surface area contributed by atoms with Gasteiger partial charge >= 0.3 is 5.69 Å². The van der Waals surface area contributed by atoms with E-state index in [-0.39, 0.29) is 17.8 Å². The van der Waals surface area contributed by atoms with Gasteiger partial charge in [0, 0.05) is 38.3 Å². The zero-order chi connectivity index (χ0) is 26.8. The number of nitriles is 1. The lowest BCUT2D eigenvalue weighted by molar-refractivity contribution is 0.0895. The van der Waals surface area contributed by atoms with Gasteiger partial charge in [-0.1, -0.05) is 32.9 Å². The van der Waals surface area contributed by atoms with Crippen LogP contribution in [0.1, 0.15) is 70.2 Å². The summed E-state index contributed by atoms with van der Waals surface area (Å²) in [4.78, 5) is 26.8. The Morgan fingerprint density at radius 2 is 1.76 bits per heavy atom. The van der Waals surface area contributed by atoms with Crippen LogP contribution in [-0.2, 0) is 7.05 Å². The topological polar surface area (TPSA) is 87.3 Å². The molecule has 5 rings (SSSR count). The van der Waals surface area contributed by atoms with Crippen LogP contribution in [0.4, 0.5) is 5.82 Å². The number of aromatic nitrogens is 3. The van der Waals surface area contributed by atoms with E-state index in [0.717, 1.165) is 50.6 Å². The van der Waals surface area contributed by atoms with Gasteiger partial charge in [0.1, 0.15) is 23.0 Å². The van der Waals surface area contributed by atoms with Crippen LogP contribution in [0.5, 0.6) is 5.75 Å². The number of ether oxygens (including phenoxy) is 1. The fourth-order valence-corrected chi connectivity index (χ4v) is 5.74. The summed E-state index contributed by atoms with van der Waals surface area (Å²) >= 11 is 0. The number of piperazine rings is 1. The summed E-state index contributed by atoms with van der Waals surface area (Å²) in [6.07, 6.45) is 5.48. The molecular formula is C30H38N6O2. The highest BCUT2D eigenvalue weighted by Gasteiger charge is 2.37. The van der Waals surface area contributed by atoms with Gasteiger partial charge in [0.25, 0.3) is 0 Å². The first kappa shape index (κ1) is 26.2. The lowest BCUT2D eigenvalue weighted by Gasteiger charge is -2.49. The molecule has 2 fully saturated rings. The highest BCUT2D eigenvalue weighted by molar-refractivity contribution is 5.86. The molecule has 1 aromatic carbocycles. The predicted molar refractivity (Wildman–Crippen MR) is 149 cm³/mol. The van der Waals surface area contributed by atoms with Crippen LogP contribution in [0.2, 0.25) is 0 Å². The number of benzene rings is 1. The molecule has 3 aromatic rings. The smallest absolute Gasteiger partial charge is 0.349 e. The molecule has 38 heavy (non-hydrogen) atoms. The van der Waals surface area contributed by atoms with Crippen LogP contribution >= 0.6 is 0 Å². The van der Waals surface area contributed by atoms with Gasteiger partial charge in [0.2, 0.25) is 0 Å². The van der Waals surface area contributed by atoms with Crippen LogP contribution in [-0.4, -0.2) is 51.2 Å². The van der Waals surface area contributed by atoms with Crippen molar-refractivity contribution in [2.45, 2.75) is 71.0 Å². The normalized spacial score (nSPS) is 20.9. The van der Waals surface area contributed by atoms with Gasteiger partial charge in [-0.3, -0.25) is 9.47 Å².